The second-order valence-electron chi connectivity index (χ2n) is 6.11. The summed E-state index contributed by atoms with van der Waals surface area (Å²) in [5.41, 5.74) is 3.07. The van der Waals surface area contributed by atoms with Gasteiger partial charge in [0, 0.05) is 42.5 Å². The van der Waals surface area contributed by atoms with Crippen molar-refractivity contribution in [3.63, 3.8) is 0 Å². The van der Waals surface area contributed by atoms with E-state index in [1.807, 2.05) is 42.2 Å². The third-order valence-electron chi connectivity index (χ3n) is 4.16. The van der Waals surface area contributed by atoms with Crippen LogP contribution in [0.5, 0.6) is 5.75 Å². The highest BCUT2D eigenvalue weighted by molar-refractivity contribution is 7.12. The lowest BCUT2D eigenvalue weighted by molar-refractivity contribution is 0.0789. The van der Waals surface area contributed by atoms with E-state index in [1.165, 1.54) is 11.3 Å². The minimum absolute atomic E-state index is 0.00717. The molecule has 1 aromatic carbocycles. The van der Waals surface area contributed by atoms with E-state index in [0.717, 1.165) is 16.8 Å². The standard InChI is InChI=1S/C19H20ClN3O2S/c1-13-15(9-21-23(13)3)10-22(2)19(24)18-7-14(12-26-18)11-25-17-6-4-5-16(20)8-17/h4-9,12H,10-11H2,1-3H3. The third-order valence-corrected chi connectivity index (χ3v) is 5.36. The summed E-state index contributed by atoms with van der Waals surface area (Å²) in [7, 11) is 3.70. The fourth-order valence-corrected chi connectivity index (χ4v) is 3.57. The van der Waals surface area contributed by atoms with Crippen LogP contribution in [0.1, 0.15) is 26.5 Å². The van der Waals surface area contributed by atoms with Gasteiger partial charge in [-0.3, -0.25) is 9.48 Å². The zero-order chi connectivity index (χ0) is 18.7. The molecule has 0 N–H and O–H groups in total. The molecule has 0 radical (unpaired) electrons. The van der Waals surface area contributed by atoms with Crippen LogP contribution < -0.4 is 4.74 Å². The van der Waals surface area contributed by atoms with Gasteiger partial charge in [-0.05, 0) is 36.6 Å². The number of nitrogens with zero attached hydrogens (tertiary/aromatic N) is 3. The summed E-state index contributed by atoms with van der Waals surface area (Å²) < 4.78 is 7.54. The van der Waals surface area contributed by atoms with Crippen LogP contribution in [-0.2, 0) is 20.2 Å². The van der Waals surface area contributed by atoms with Gasteiger partial charge in [0.05, 0.1) is 11.1 Å². The Kier molecular flexibility index (Phi) is 5.64. The van der Waals surface area contributed by atoms with Gasteiger partial charge in [0.1, 0.15) is 12.4 Å². The van der Waals surface area contributed by atoms with Crippen LogP contribution in [0, 0.1) is 6.92 Å². The molecule has 0 fully saturated rings. The quantitative estimate of drug-likeness (QED) is 0.631. The van der Waals surface area contributed by atoms with Crippen molar-refractivity contribution in [2.45, 2.75) is 20.1 Å². The second-order valence-corrected chi connectivity index (χ2v) is 7.45. The molecular formula is C19H20ClN3O2S. The number of amides is 1. The molecule has 2 aromatic heterocycles. The Morgan fingerprint density at radius 1 is 1.38 bits per heavy atom. The van der Waals surface area contributed by atoms with E-state index < -0.39 is 0 Å². The molecule has 0 atom stereocenters. The molecule has 2 heterocycles. The van der Waals surface area contributed by atoms with Gasteiger partial charge in [0.25, 0.3) is 5.91 Å². The molecule has 5 nitrogen and oxygen atoms in total. The highest BCUT2D eigenvalue weighted by Gasteiger charge is 2.16. The monoisotopic (exact) mass is 389 g/mol. The van der Waals surface area contributed by atoms with Gasteiger partial charge in [0.2, 0.25) is 0 Å². The summed E-state index contributed by atoms with van der Waals surface area (Å²) in [4.78, 5) is 15.0. The molecule has 0 unspecified atom stereocenters. The Morgan fingerprint density at radius 2 is 2.19 bits per heavy atom. The summed E-state index contributed by atoms with van der Waals surface area (Å²) in [6.07, 6.45) is 1.80. The van der Waals surface area contributed by atoms with Gasteiger partial charge in [-0.1, -0.05) is 17.7 Å². The lowest BCUT2D eigenvalue weighted by Crippen LogP contribution is -2.25. The smallest absolute Gasteiger partial charge is 0.263 e. The molecule has 0 aliphatic carbocycles. The fourth-order valence-electron chi connectivity index (χ4n) is 2.50. The lowest BCUT2D eigenvalue weighted by atomic mass is 10.2. The van der Waals surface area contributed by atoms with Crippen molar-refractivity contribution in [1.29, 1.82) is 0 Å². The predicted octanol–water partition coefficient (Wildman–Crippen LogP) is 4.29. The van der Waals surface area contributed by atoms with Crippen molar-refractivity contribution < 1.29 is 9.53 Å². The number of aryl methyl sites for hydroxylation is 1. The van der Waals surface area contributed by atoms with Crippen LogP contribution in [0.2, 0.25) is 5.02 Å². The maximum absolute atomic E-state index is 12.7. The molecule has 0 aliphatic rings. The summed E-state index contributed by atoms with van der Waals surface area (Å²) in [6, 6.07) is 9.15. The normalized spacial score (nSPS) is 10.8. The fraction of sp³-hybridized carbons (Fsp3) is 0.263. The molecule has 7 heteroatoms. The van der Waals surface area contributed by atoms with Crippen molar-refractivity contribution in [3.8, 4) is 5.75 Å². The van der Waals surface area contributed by atoms with E-state index in [-0.39, 0.29) is 5.91 Å². The van der Waals surface area contributed by atoms with E-state index in [4.69, 9.17) is 16.3 Å². The molecule has 3 rings (SSSR count). The SMILES string of the molecule is Cc1c(CN(C)C(=O)c2cc(COc3cccc(Cl)c3)cs2)cnn1C. The van der Waals surface area contributed by atoms with Gasteiger partial charge < -0.3 is 9.64 Å². The van der Waals surface area contributed by atoms with Crippen molar-refractivity contribution in [1.82, 2.24) is 14.7 Å². The highest BCUT2D eigenvalue weighted by Crippen LogP contribution is 2.22. The van der Waals surface area contributed by atoms with E-state index in [9.17, 15) is 4.79 Å². The Labute approximate surface area is 161 Å². The Bertz CT molecular complexity index is 919. The summed E-state index contributed by atoms with van der Waals surface area (Å²) >= 11 is 7.38. The predicted molar refractivity (Wildman–Crippen MR) is 104 cm³/mol. The van der Waals surface area contributed by atoms with Crippen LogP contribution >= 0.6 is 22.9 Å². The van der Waals surface area contributed by atoms with Crippen molar-refractivity contribution in [2.75, 3.05) is 7.05 Å². The number of hydrogen-bond acceptors (Lipinski definition) is 4. The topological polar surface area (TPSA) is 47.4 Å². The van der Waals surface area contributed by atoms with Crippen molar-refractivity contribution in [3.05, 3.63) is 68.6 Å². The van der Waals surface area contributed by atoms with E-state index in [0.29, 0.717) is 28.8 Å². The van der Waals surface area contributed by atoms with Crippen molar-refractivity contribution >= 4 is 28.8 Å². The average molecular weight is 390 g/mol. The number of benzene rings is 1. The average Bonchev–Trinajstić information content (AvgIpc) is 3.21. The molecule has 136 valence electrons. The van der Waals surface area contributed by atoms with E-state index in [2.05, 4.69) is 5.10 Å². The number of thiophene rings is 1. The summed E-state index contributed by atoms with van der Waals surface area (Å²) in [6.45, 7) is 2.93. The van der Waals surface area contributed by atoms with Gasteiger partial charge in [-0.2, -0.15) is 5.10 Å². The number of carbonyl (C=O) groups excluding carboxylic acids is 1. The number of ether oxygens (including phenoxy) is 1. The molecule has 0 bridgehead atoms. The molecule has 0 saturated heterocycles. The summed E-state index contributed by atoms with van der Waals surface area (Å²) in [5.74, 6) is 0.702. The number of aromatic nitrogens is 2. The number of hydrogen-bond donors (Lipinski definition) is 0. The van der Waals surface area contributed by atoms with Gasteiger partial charge in [-0.25, -0.2) is 0 Å². The lowest BCUT2D eigenvalue weighted by Gasteiger charge is -2.15. The largest absolute Gasteiger partial charge is 0.489 e. The zero-order valence-electron chi connectivity index (χ0n) is 14.9. The van der Waals surface area contributed by atoms with E-state index in [1.54, 1.807) is 30.3 Å². The Balaban J connectivity index is 1.61. The minimum atomic E-state index is -0.00717. The minimum Gasteiger partial charge on any atom is -0.489 e. The van der Waals surface area contributed by atoms with Crippen LogP contribution in [0.4, 0.5) is 0 Å². The van der Waals surface area contributed by atoms with Crippen LogP contribution in [0.25, 0.3) is 0 Å². The highest BCUT2D eigenvalue weighted by atomic mass is 35.5. The molecule has 0 aliphatic heterocycles. The first-order valence-electron chi connectivity index (χ1n) is 8.12. The van der Waals surface area contributed by atoms with Crippen LogP contribution in [0.3, 0.4) is 0 Å². The van der Waals surface area contributed by atoms with Crippen molar-refractivity contribution in [2.24, 2.45) is 7.05 Å². The van der Waals surface area contributed by atoms with Gasteiger partial charge in [-0.15, -0.1) is 11.3 Å². The zero-order valence-corrected chi connectivity index (χ0v) is 16.5. The first-order valence-corrected chi connectivity index (χ1v) is 9.38. The van der Waals surface area contributed by atoms with Gasteiger partial charge in [0.15, 0.2) is 0 Å². The maximum atomic E-state index is 12.7. The first-order chi connectivity index (χ1) is 12.4. The number of halogens is 1. The molecular weight excluding hydrogens is 370 g/mol. The molecule has 3 aromatic rings. The molecule has 26 heavy (non-hydrogen) atoms. The van der Waals surface area contributed by atoms with E-state index >= 15 is 0 Å². The Morgan fingerprint density at radius 3 is 2.88 bits per heavy atom. The second kappa shape index (κ2) is 7.93. The van der Waals surface area contributed by atoms with Crippen LogP contribution in [-0.4, -0.2) is 27.6 Å². The number of rotatable bonds is 6. The molecule has 0 spiro atoms. The van der Waals surface area contributed by atoms with Crippen LogP contribution in [0.15, 0.2) is 41.9 Å². The number of carbonyl (C=O) groups is 1. The molecule has 1 amide bonds. The maximum Gasteiger partial charge on any atom is 0.263 e. The third kappa shape index (κ3) is 4.26. The summed E-state index contributed by atoms with van der Waals surface area (Å²) in [5, 5.41) is 6.80. The molecule has 0 saturated carbocycles. The first kappa shape index (κ1) is 18.5. The Hall–Kier alpha value is -2.31. The van der Waals surface area contributed by atoms with Gasteiger partial charge >= 0.3 is 0 Å².